The summed E-state index contributed by atoms with van der Waals surface area (Å²) < 4.78 is 24.3. The van der Waals surface area contributed by atoms with Gasteiger partial charge in [-0.25, -0.2) is 4.39 Å². The third-order valence-corrected chi connectivity index (χ3v) is 6.51. The molecule has 166 valence electrons. The predicted octanol–water partition coefficient (Wildman–Crippen LogP) is 3.55. The van der Waals surface area contributed by atoms with Crippen molar-refractivity contribution in [1.29, 1.82) is 0 Å². The van der Waals surface area contributed by atoms with E-state index in [1.807, 2.05) is 18.2 Å². The number of hydrogen-bond donors (Lipinski definition) is 1. The second-order valence-corrected chi connectivity index (χ2v) is 8.25. The Kier molecular flexibility index (Phi) is 7.79. The SMILES string of the molecule is CCC(=O)N1C(C(=O)NCCc2ccc(OC)c(OC)c2)CSC1c1cccc(F)c1. The smallest absolute Gasteiger partial charge is 0.243 e. The van der Waals surface area contributed by atoms with Crippen LogP contribution in [0.3, 0.4) is 0 Å². The number of nitrogens with one attached hydrogen (secondary N) is 1. The zero-order chi connectivity index (χ0) is 22.4. The highest BCUT2D eigenvalue weighted by molar-refractivity contribution is 7.99. The van der Waals surface area contributed by atoms with E-state index in [-0.39, 0.29) is 29.4 Å². The highest BCUT2D eigenvalue weighted by Gasteiger charge is 2.41. The van der Waals surface area contributed by atoms with Crippen LogP contribution in [0.4, 0.5) is 4.39 Å². The topological polar surface area (TPSA) is 67.9 Å². The van der Waals surface area contributed by atoms with Crippen LogP contribution < -0.4 is 14.8 Å². The van der Waals surface area contributed by atoms with E-state index in [1.54, 1.807) is 38.2 Å². The van der Waals surface area contributed by atoms with Crippen molar-refractivity contribution in [1.82, 2.24) is 10.2 Å². The van der Waals surface area contributed by atoms with E-state index in [4.69, 9.17) is 9.47 Å². The van der Waals surface area contributed by atoms with E-state index in [0.717, 1.165) is 5.56 Å². The molecule has 2 atom stereocenters. The van der Waals surface area contributed by atoms with Gasteiger partial charge in [0.2, 0.25) is 11.8 Å². The fourth-order valence-corrected chi connectivity index (χ4v) is 5.04. The Bertz CT molecular complexity index is 940. The first-order valence-corrected chi connectivity index (χ1v) is 11.2. The van der Waals surface area contributed by atoms with Crippen molar-refractivity contribution >= 4 is 23.6 Å². The summed E-state index contributed by atoms with van der Waals surface area (Å²) >= 11 is 1.48. The van der Waals surface area contributed by atoms with Crippen LogP contribution >= 0.6 is 11.8 Å². The van der Waals surface area contributed by atoms with Gasteiger partial charge in [-0.2, -0.15) is 0 Å². The van der Waals surface area contributed by atoms with Gasteiger partial charge in [-0.05, 0) is 41.8 Å². The number of rotatable bonds is 8. The van der Waals surface area contributed by atoms with Gasteiger partial charge in [0.1, 0.15) is 17.2 Å². The summed E-state index contributed by atoms with van der Waals surface area (Å²) in [7, 11) is 3.16. The Labute approximate surface area is 186 Å². The molecule has 2 aromatic rings. The summed E-state index contributed by atoms with van der Waals surface area (Å²) in [6.45, 7) is 2.19. The number of thioether (sulfide) groups is 1. The Hall–Kier alpha value is -2.74. The van der Waals surface area contributed by atoms with Gasteiger partial charge in [0.15, 0.2) is 11.5 Å². The largest absolute Gasteiger partial charge is 0.493 e. The molecule has 2 aromatic carbocycles. The van der Waals surface area contributed by atoms with Gasteiger partial charge in [-0.15, -0.1) is 11.8 Å². The lowest BCUT2D eigenvalue weighted by Gasteiger charge is -2.29. The van der Waals surface area contributed by atoms with E-state index in [9.17, 15) is 14.0 Å². The summed E-state index contributed by atoms with van der Waals surface area (Å²) in [6, 6.07) is 11.2. The van der Waals surface area contributed by atoms with E-state index in [1.165, 1.54) is 23.9 Å². The molecule has 1 aliphatic heterocycles. The lowest BCUT2D eigenvalue weighted by atomic mass is 10.1. The van der Waals surface area contributed by atoms with Crippen molar-refractivity contribution in [3.63, 3.8) is 0 Å². The average Bonchev–Trinajstić information content (AvgIpc) is 3.23. The zero-order valence-electron chi connectivity index (χ0n) is 17.9. The Morgan fingerprint density at radius 3 is 2.61 bits per heavy atom. The van der Waals surface area contributed by atoms with E-state index >= 15 is 0 Å². The third-order valence-electron chi connectivity index (χ3n) is 5.19. The van der Waals surface area contributed by atoms with Crippen LogP contribution in [0.1, 0.15) is 29.8 Å². The quantitative estimate of drug-likeness (QED) is 0.672. The Morgan fingerprint density at radius 2 is 1.94 bits per heavy atom. The summed E-state index contributed by atoms with van der Waals surface area (Å²) in [4.78, 5) is 27.1. The number of benzene rings is 2. The fraction of sp³-hybridized carbons (Fsp3) is 0.391. The molecule has 0 radical (unpaired) electrons. The number of ether oxygens (including phenoxy) is 2. The summed E-state index contributed by atoms with van der Waals surface area (Å²) in [6.07, 6.45) is 0.892. The number of halogens is 1. The van der Waals surface area contributed by atoms with Gasteiger partial charge < -0.3 is 19.7 Å². The molecule has 3 rings (SSSR count). The second-order valence-electron chi connectivity index (χ2n) is 7.14. The van der Waals surface area contributed by atoms with Gasteiger partial charge >= 0.3 is 0 Å². The predicted molar refractivity (Wildman–Crippen MR) is 119 cm³/mol. The molecule has 1 N–H and O–H groups in total. The van der Waals surface area contributed by atoms with Gasteiger partial charge in [-0.3, -0.25) is 9.59 Å². The molecule has 8 heteroatoms. The minimum absolute atomic E-state index is 0.126. The molecule has 0 saturated carbocycles. The zero-order valence-corrected chi connectivity index (χ0v) is 18.7. The van der Waals surface area contributed by atoms with Crippen LogP contribution in [0.25, 0.3) is 0 Å². The molecule has 0 aromatic heterocycles. The Balaban J connectivity index is 1.65. The van der Waals surface area contributed by atoms with Crippen molar-refractivity contribution in [3.05, 3.63) is 59.4 Å². The second kappa shape index (κ2) is 10.5. The first-order valence-electron chi connectivity index (χ1n) is 10.1. The Morgan fingerprint density at radius 1 is 1.16 bits per heavy atom. The van der Waals surface area contributed by atoms with Crippen LogP contribution in [0.15, 0.2) is 42.5 Å². The van der Waals surface area contributed by atoms with E-state index < -0.39 is 6.04 Å². The van der Waals surface area contributed by atoms with Gasteiger partial charge in [0, 0.05) is 18.7 Å². The minimum Gasteiger partial charge on any atom is -0.493 e. The molecule has 1 saturated heterocycles. The van der Waals surface area contributed by atoms with Crippen molar-refractivity contribution < 1.29 is 23.5 Å². The summed E-state index contributed by atoms with van der Waals surface area (Å²) in [5.41, 5.74) is 1.69. The monoisotopic (exact) mass is 446 g/mol. The average molecular weight is 447 g/mol. The summed E-state index contributed by atoms with van der Waals surface area (Å²) in [5, 5.41) is 2.57. The van der Waals surface area contributed by atoms with Gasteiger partial charge in [0.05, 0.1) is 14.2 Å². The van der Waals surface area contributed by atoms with Crippen molar-refractivity contribution in [2.45, 2.75) is 31.2 Å². The molecular formula is C23H27FN2O4S. The molecule has 2 unspecified atom stereocenters. The third kappa shape index (κ3) is 5.31. The van der Waals surface area contributed by atoms with Gasteiger partial charge in [-0.1, -0.05) is 25.1 Å². The molecular weight excluding hydrogens is 419 g/mol. The number of carbonyl (C=O) groups is 2. The first-order chi connectivity index (χ1) is 15.0. The van der Waals surface area contributed by atoms with E-state index in [0.29, 0.717) is 35.8 Å². The van der Waals surface area contributed by atoms with Crippen molar-refractivity contribution in [2.24, 2.45) is 0 Å². The molecule has 0 aliphatic carbocycles. The lowest BCUT2D eigenvalue weighted by Crippen LogP contribution is -2.48. The van der Waals surface area contributed by atoms with Crippen LogP contribution in [0.2, 0.25) is 0 Å². The van der Waals surface area contributed by atoms with Crippen LogP contribution in [-0.2, 0) is 16.0 Å². The normalized spacial score (nSPS) is 18.0. The van der Waals surface area contributed by atoms with Crippen LogP contribution in [-0.4, -0.2) is 49.3 Å². The number of amides is 2. The molecule has 0 bridgehead atoms. The number of methoxy groups -OCH3 is 2. The number of nitrogens with zero attached hydrogens (tertiary/aromatic N) is 1. The molecule has 0 spiro atoms. The van der Waals surface area contributed by atoms with E-state index in [2.05, 4.69) is 5.32 Å². The van der Waals surface area contributed by atoms with Crippen molar-refractivity contribution in [3.8, 4) is 11.5 Å². The number of carbonyl (C=O) groups excluding carboxylic acids is 2. The maximum atomic E-state index is 13.7. The molecule has 31 heavy (non-hydrogen) atoms. The fourth-order valence-electron chi connectivity index (χ4n) is 3.60. The molecule has 1 aliphatic rings. The molecule has 1 fully saturated rings. The first kappa shape index (κ1) is 22.9. The highest BCUT2D eigenvalue weighted by atomic mass is 32.2. The standard InChI is InChI=1S/C23H27FN2O4S/c1-4-21(27)26-18(14-31-23(26)16-6-5-7-17(24)13-16)22(28)25-11-10-15-8-9-19(29-2)20(12-15)30-3/h5-9,12-13,18,23H,4,10-11,14H2,1-3H3,(H,25,28). The summed E-state index contributed by atoms with van der Waals surface area (Å²) in [5.74, 6) is 1.07. The molecule has 1 heterocycles. The lowest BCUT2D eigenvalue weighted by molar-refractivity contribution is -0.139. The minimum atomic E-state index is -0.587. The molecule has 6 nitrogen and oxygen atoms in total. The van der Waals surface area contributed by atoms with Crippen LogP contribution in [0, 0.1) is 5.82 Å². The van der Waals surface area contributed by atoms with Gasteiger partial charge in [0.25, 0.3) is 0 Å². The maximum absolute atomic E-state index is 13.7. The van der Waals surface area contributed by atoms with Crippen LogP contribution in [0.5, 0.6) is 11.5 Å². The maximum Gasteiger partial charge on any atom is 0.243 e. The van der Waals surface area contributed by atoms with Crippen molar-refractivity contribution in [2.75, 3.05) is 26.5 Å². The number of hydrogen-bond acceptors (Lipinski definition) is 5. The highest BCUT2D eigenvalue weighted by Crippen LogP contribution is 2.42. The molecule has 2 amide bonds.